The van der Waals surface area contributed by atoms with Crippen molar-refractivity contribution < 1.29 is 4.79 Å². The molecular formula is C22H18N2O. The molecule has 1 N–H and O–H groups in total. The van der Waals surface area contributed by atoms with Gasteiger partial charge in [-0.3, -0.25) is 4.79 Å². The summed E-state index contributed by atoms with van der Waals surface area (Å²) in [6.07, 6.45) is 0.823. The minimum atomic E-state index is -0.0566. The van der Waals surface area contributed by atoms with Gasteiger partial charge in [0.2, 0.25) is 5.91 Å². The maximum Gasteiger partial charge on any atom is 0.221 e. The van der Waals surface area contributed by atoms with Crippen molar-refractivity contribution in [1.29, 1.82) is 0 Å². The van der Waals surface area contributed by atoms with Crippen LogP contribution in [0.15, 0.2) is 72.8 Å². The Bertz CT molecular complexity index is 1010. The lowest BCUT2D eigenvalue weighted by Gasteiger charge is -2.11. The van der Waals surface area contributed by atoms with E-state index in [4.69, 9.17) is 4.98 Å². The summed E-state index contributed by atoms with van der Waals surface area (Å²) in [5.74, 6) is -0.0566. The highest BCUT2D eigenvalue weighted by Crippen LogP contribution is 2.28. The van der Waals surface area contributed by atoms with Crippen molar-refractivity contribution in [2.75, 3.05) is 5.32 Å². The van der Waals surface area contributed by atoms with Gasteiger partial charge < -0.3 is 5.32 Å². The Morgan fingerprint density at radius 1 is 0.840 bits per heavy atom. The number of para-hydroxylation sites is 2. The summed E-state index contributed by atoms with van der Waals surface area (Å²) in [6.45, 7) is 1.52. The molecule has 0 aliphatic heterocycles. The minimum absolute atomic E-state index is 0.0566. The van der Waals surface area contributed by atoms with E-state index in [0.717, 1.165) is 23.1 Å². The number of carbonyl (C=O) groups is 1. The van der Waals surface area contributed by atoms with Gasteiger partial charge in [-0.2, -0.15) is 0 Å². The summed E-state index contributed by atoms with van der Waals surface area (Å²) in [5, 5.41) is 5.18. The third-order valence-corrected chi connectivity index (χ3v) is 4.35. The SMILES string of the molecule is CC(=O)Nc1ccc(Cc2c3ccccc3nc3ccccc23)cc1. The third kappa shape index (κ3) is 3.09. The van der Waals surface area contributed by atoms with Gasteiger partial charge in [0.25, 0.3) is 0 Å². The summed E-state index contributed by atoms with van der Waals surface area (Å²) < 4.78 is 0. The summed E-state index contributed by atoms with van der Waals surface area (Å²) in [7, 11) is 0. The smallest absolute Gasteiger partial charge is 0.221 e. The van der Waals surface area contributed by atoms with E-state index in [9.17, 15) is 4.79 Å². The van der Waals surface area contributed by atoms with Gasteiger partial charge in [0.15, 0.2) is 0 Å². The van der Waals surface area contributed by atoms with Crippen LogP contribution in [-0.2, 0) is 11.2 Å². The molecule has 25 heavy (non-hydrogen) atoms. The van der Waals surface area contributed by atoms with Gasteiger partial charge in [-0.25, -0.2) is 4.98 Å². The molecule has 0 radical (unpaired) electrons. The summed E-state index contributed by atoms with van der Waals surface area (Å²) >= 11 is 0. The fraction of sp³-hybridized carbons (Fsp3) is 0.0909. The van der Waals surface area contributed by atoms with E-state index in [-0.39, 0.29) is 5.91 Å². The van der Waals surface area contributed by atoms with Crippen LogP contribution in [0.1, 0.15) is 18.1 Å². The molecule has 4 rings (SSSR count). The molecule has 0 fully saturated rings. The first kappa shape index (κ1) is 15.3. The number of hydrogen-bond acceptors (Lipinski definition) is 2. The van der Waals surface area contributed by atoms with E-state index in [0.29, 0.717) is 0 Å². The van der Waals surface area contributed by atoms with Gasteiger partial charge >= 0.3 is 0 Å². The maximum absolute atomic E-state index is 11.2. The van der Waals surface area contributed by atoms with Crippen molar-refractivity contribution in [3.05, 3.63) is 83.9 Å². The van der Waals surface area contributed by atoms with Crippen LogP contribution < -0.4 is 5.32 Å². The lowest BCUT2D eigenvalue weighted by atomic mass is 9.96. The molecule has 1 heterocycles. The van der Waals surface area contributed by atoms with Crippen molar-refractivity contribution in [2.45, 2.75) is 13.3 Å². The molecule has 1 amide bonds. The van der Waals surface area contributed by atoms with Gasteiger partial charge in [0.05, 0.1) is 11.0 Å². The van der Waals surface area contributed by atoms with Crippen molar-refractivity contribution in [1.82, 2.24) is 4.98 Å². The molecule has 0 saturated heterocycles. The van der Waals surface area contributed by atoms with E-state index in [1.807, 2.05) is 24.3 Å². The van der Waals surface area contributed by atoms with E-state index in [1.54, 1.807) is 0 Å². The fourth-order valence-corrected chi connectivity index (χ4v) is 3.23. The van der Waals surface area contributed by atoms with Gasteiger partial charge in [0.1, 0.15) is 0 Å². The number of nitrogens with zero attached hydrogens (tertiary/aromatic N) is 1. The molecule has 0 aliphatic carbocycles. The molecule has 1 aromatic heterocycles. The van der Waals surface area contributed by atoms with Crippen LogP contribution in [-0.4, -0.2) is 10.9 Å². The fourth-order valence-electron chi connectivity index (χ4n) is 3.23. The van der Waals surface area contributed by atoms with Crippen LogP contribution in [0.2, 0.25) is 0 Å². The van der Waals surface area contributed by atoms with Crippen molar-refractivity contribution >= 4 is 33.4 Å². The second kappa shape index (κ2) is 6.36. The number of carbonyl (C=O) groups excluding carboxylic acids is 1. The number of nitrogens with one attached hydrogen (secondary N) is 1. The zero-order valence-electron chi connectivity index (χ0n) is 14.0. The molecule has 0 saturated carbocycles. The average molecular weight is 326 g/mol. The quantitative estimate of drug-likeness (QED) is 0.542. The van der Waals surface area contributed by atoms with Crippen molar-refractivity contribution in [3.63, 3.8) is 0 Å². The van der Waals surface area contributed by atoms with Gasteiger partial charge in [-0.05, 0) is 41.8 Å². The second-order valence-corrected chi connectivity index (χ2v) is 6.18. The zero-order chi connectivity index (χ0) is 17.2. The maximum atomic E-state index is 11.2. The molecule has 4 aromatic rings. The largest absolute Gasteiger partial charge is 0.326 e. The molecule has 0 unspecified atom stereocenters. The number of hydrogen-bond donors (Lipinski definition) is 1. The standard InChI is InChI=1S/C22H18N2O/c1-15(25)23-17-12-10-16(11-13-17)14-20-18-6-2-4-8-21(18)24-22-9-5-3-7-19(20)22/h2-13H,14H2,1H3,(H,23,25). The molecular weight excluding hydrogens is 308 g/mol. The Balaban J connectivity index is 1.80. The molecule has 3 heteroatoms. The number of pyridine rings is 1. The Morgan fingerprint density at radius 2 is 1.40 bits per heavy atom. The molecule has 0 aliphatic rings. The topological polar surface area (TPSA) is 42.0 Å². The summed E-state index contributed by atoms with van der Waals surface area (Å²) in [6, 6.07) is 24.6. The first-order chi connectivity index (χ1) is 12.2. The highest BCUT2D eigenvalue weighted by atomic mass is 16.1. The predicted molar refractivity (Wildman–Crippen MR) is 103 cm³/mol. The molecule has 0 bridgehead atoms. The number of anilines is 1. The van der Waals surface area contributed by atoms with Crippen molar-refractivity contribution in [3.8, 4) is 0 Å². The van der Waals surface area contributed by atoms with Gasteiger partial charge in [-0.15, -0.1) is 0 Å². The molecule has 0 spiro atoms. The van der Waals surface area contributed by atoms with Gasteiger partial charge in [-0.1, -0.05) is 48.5 Å². The number of amides is 1. The van der Waals surface area contributed by atoms with Gasteiger partial charge in [0, 0.05) is 23.4 Å². The zero-order valence-corrected chi connectivity index (χ0v) is 14.0. The Labute approximate surface area is 146 Å². The summed E-state index contributed by atoms with van der Waals surface area (Å²) in [5.41, 5.74) is 5.35. The lowest BCUT2D eigenvalue weighted by Crippen LogP contribution is -2.05. The highest BCUT2D eigenvalue weighted by molar-refractivity contribution is 5.97. The second-order valence-electron chi connectivity index (χ2n) is 6.18. The normalized spacial score (nSPS) is 10.9. The van der Waals surface area contributed by atoms with Crippen LogP contribution in [0, 0.1) is 0 Å². The van der Waals surface area contributed by atoms with E-state index < -0.39 is 0 Å². The number of benzene rings is 3. The molecule has 3 aromatic carbocycles. The molecule has 122 valence electrons. The van der Waals surface area contributed by atoms with Crippen LogP contribution in [0.25, 0.3) is 21.8 Å². The summed E-state index contributed by atoms with van der Waals surface area (Å²) in [4.78, 5) is 15.9. The van der Waals surface area contributed by atoms with E-state index in [2.05, 4.69) is 53.8 Å². The Morgan fingerprint density at radius 3 is 1.96 bits per heavy atom. The van der Waals surface area contributed by atoms with Crippen LogP contribution in [0.3, 0.4) is 0 Å². The van der Waals surface area contributed by atoms with Crippen LogP contribution >= 0.6 is 0 Å². The molecule has 3 nitrogen and oxygen atoms in total. The van der Waals surface area contributed by atoms with Crippen LogP contribution in [0.4, 0.5) is 5.69 Å². The van der Waals surface area contributed by atoms with E-state index in [1.165, 1.54) is 28.8 Å². The van der Waals surface area contributed by atoms with Crippen LogP contribution in [0.5, 0.6) is 0 Å². The number of aromatic nitrogens is 1. The number of rotatable bonds is 3. The highest BCUT2D eigenvalue weighted by Gasteiger charge is 2.09. The van der Waals surface area contributed by atoms with Crippen molar-refractivity contribution in [2.24, 2.45) is 0 Å². The Hall–Kier alpha value is -3.20. The lowest BCUT2D eigenvalue weighted by molar-refractivity contribution is -0.114. The number of fused-ring (bicyclic) bond motifs is 2. The first-order valence-corrected chi connectivity index (χ1v) is 8.33. The predicted octanol–water partition coefficient (Wildman–Crippen LogP) is 4.94. The minimum Gasteiger partial charge on any atom is -0.326 e. The third-order valence-electron chi connectivity index (χ3n) is 4.35. The Kier molecular flexibility index (Phi) is 3.90. The monoisotopic (exact) mass is 326 g/mol. The molecule has 0 atom stereocenters. The van der Waals surface area contributed by atoms with E-state index >= 15 is 0 Å². The average Bonchev–Trinajstić information content (AvgIpc) is 2.62. The first-order valence-electron chi connectivity index (χ1n) is 8.33.